The molecule has 0 radical (unpaired) electrons. The van der Waals surface area contributed by atoms with E-state index < -0.39 is 12.4 Å². The molecule has 0 saturated heterocycles. The van der Waals surface area contributed by atoms with E-state index in [1.807, 2.05) is 0 Å². The van der Waals surface area contributed by atoms with Gasteiger partial charge in [0, 0.05) is 19.2 Å². The molecule has 2 N–H and O–H groups in total. The van der Waals surface area contributed by atoms with E-state index in [2.05, 4.69) is 5.32 Å². The first kappa shape index (κ1) is 15.8. The van der Waals surface area contributed by atoms with Crippen LogP contribution in [-0.4, -0.2) is 15.6 Å². The summed E-state index contributed by atoms with van der Waals surface area (Å²) < 4.78 is 14.7. The van der Waals surface area contributed by atoms with Gasteiger partial charge in [-0.15, -0.1) is 0 Å². The summed E-state index contributed by atoms with van der Waals surface area (Å²) in [5.74, 6) is -0.824. The van der Waals surface area contributed by atoms with Gasteiger partial charge in [-0.3, -0.25) is 4.79 Å². The number of amides is 1. The van der Waals surface area contributed by atoms with Gasteiger partial charge in [-0.2, -0.15) is 0 Å². The van der Waals surface area contributed by atoms with Crippen molar-refractivity contribution >= 4 is 29.1 Å². The van der Waals surface area contributed by atoms with E-state index in [0.29, 0.717) is 16.3 Å². The molecule has 1 aromatic carbocycles. The molecule has 112 valence electrons. The second kappa shape index (κ2) is 6.47. The molecule has 0 spiro atoms. The summed E-state index contributed by atoms with van der Waals surface area (Å²) >= 11 is 11.7. The van der Waals surface area contributed by atoms with Gasteiger partial charge >= 0.3 is 0 Å². The fourth-order valence-corrected chi connectivity index (χ4v) is 2.27. The van der Waals surface area contributed by atoms with Crippen LogP contribution >= 0.6 is 23.2 Å². The zero-order valence-electron chi connectivity index (χ0n) is 11.2. The Morgan fingerprint density at radius 1 is 1.38 bits per heavy atom. The summed E-state index contributed by atoms with van der Waals surface area (Å²) in [5.41, 5.74) is 1.20. The summed E-state index contributed by atoms with van der Waals surface area (Å²) in [6.45, 7) is -0.191. The van der Waals surface area contributed by atoms with Crippen molar-refractivity contribution < 1.29 is 14.3 Å². The number of rotatable bonds is 4. The third-order valence-corrected chi connectivity index (χ3v) is 3.92. The Kier molecular flexibility index (Phi) is 4.88. The summed E-state index contributed by atoms with van der Waals surface area (Å²) in [4.78, 5) is 12.1. The number of benzene rings is 1. The predicted octanol–water partition coefficient (Wildman–Crippen LogP) is 2.89. The maximum absolute atomic E-state index is 13.3. The van der Waals surface area contributed by atoms with Crippen molar-refractivity contribution in [2.45, 2.75) is 13.2 Å². The van der Waals surface area contributed by atoms with E-state index in [-0.39, 0.29) is 23.2 Å². The number of aliphatic hydroxyl groups excluding tert-OH is 1. The van der Waals surface area contributed by atoms with E-state index in [1.165, 1.54) is 22.8 Å². The highest BCUT2D eigenvalue weighted by Gasteiger charge is 2.15. The molecule has 0 bridgehead atoms. The maximum Gasteiger partial charge on any atom is 0.268 e. The first-order valence-electron chi connectivity index (χ1n) is 6.11. The van der Waals surface area contributed by atoms with Crippen LogP contribution in [0.25, 0.3) is 0 Å². The molecule has 21 heavy (non-hydrogen) atoms. The molecule has 1 heterocycles. The second-order valence-electron chi connectivity index (χ2n) is 4.49. The van der Waals surface area contributed by atoms with Gasteiger partial charge in [-0.05, 0) is 23.8 Å². The van der Waals surface area contributed by atoms with Crippen molar-refractivity contribution in [2.75, 3.05) is 0 Å². The van der Waals surface area contributed by atoms with Gasteiger partial charge in [0.2, 0.25) is 0 Å². The number of carbonyl (C=O) groups is 1. The lowest BCUT2D eigenvalue weighted by Gasteiger charge is -2.08. The van der Waals surface area contributed by atoms with Crippen molar-refractivity contribution in [1.82, 2.24) is 9.88 Å². The molecule has 0 aliphatic carbocycles. The molecule has 0 aliphatic rings. The fraction of sp³-hybridized carbons (Fsp3) is 0.214. The standard InChI is InChI=1S/C14H13Cl2FN2O2/c1-19-12(5-10(15)13(19)16)14(21)18-6-8-2-3-11(17)9(4-8)7-20/h2-5,20H,6-7H2,1H3,(H,18,21). The van der Waals surface area contributed by atoms with Crippen molar-refractivity contribution in [1.29, 1.82) is 0 Å². The van der Waals surface area contributed by atoms with Crippen LogP contribution in [0.5, 0.6) is 0 Å². The van der Waals surface area contributed by atoms with E-state index in [0.717, 1.165) is 0 Å². The van der Waals surface area contributed by atoms with Gasteiger partial charge in [0.25, 0.3) is 5.91 Å². The average molecular weight is 331 g/mol. The number of nitrogens with zero attached hydrogens (tertiary/aromatic N) is 1. The normalized spacial score (nSPS) is 10.7. The van der Waals surface area contributed by atoms with Gasteiger partial charge in [-0.25, -0.2) is 4.39 Å². The largest absolute Gasteiger partial charge is 0.392 e. The van der Waals surface area contributed by atoms with Crippen molar-refractivity contribution in [3.63, 3.8) is 0 Å². The minimum absolute atomic E-state index is 0.187. The smallest absolute Gasteiger partial charge is 0.268 e. The molecule has 0 aliphatic heterocycles. The highest BCUT2D eigenvalue weighted by molar-refractivity contribution is 6.41. The highest BCUT2D eigenvalue weighted by atomic mass is 35.5. The molecule has 1 aromatic heterocycles. The van der Waals surface area contributed by atoms with Crippen LogP contribution in [0.15, 0.2) is 24.3 Å². The van der Waals surface area contributed by atoms with Crippen LogP contribution in [0.1, 0.15) is 21.6 Å². The molecule has 7 heteroatoms. The second-order valence-corrected chi connectivity index (χ2v) is 5.26. The van der Waals surface area contributed by atoms with Crippen LogP contribution in [0.2, 0.25) is 10.2 Å². The van der Waals surface area contributed by atoms with Crippen molar-refractivity contribution in [3.8, 4) is 0 Å². The SMILES string of the molecule is Cn1c(C(=O)NCc2ccc(F)c(CO)c2)cc(Cl)c1Cl. The van der Waals surface area contributed by atoms with Crippen LogP contribution in [0.3, 0.4) is 0 Å². The maximum atomic E-state index is 13.3. The van der Waals surface area contributed by atoms with Crippen LogP contribution in [0.4, 0.5) is 4.39 Å². The average Bonchev–Trinajstić information content (AvgIpc) is 2.73. The summed E-state index contributed by atoms with van der Waals surface area (Å²) in [6.07, 6.45) is 0. The zero-order valence-corrected chi connectivity index (χ0v) is 12.7. The Morgan fingerprint density at radius 2 is 2.10 bits per heavy atom. The summed E-state index contributed by atoms with van der Waals surface area (Å²) in [5, 5.41) is 12.3. The Hall–Kier alpha value is -1.56. The van der Waals surface area contributed by atoms with Gasteiger partial charge in [-0.1, -0.05) is 29.3 Å². The third kappa shape index (κ3) is 3.37. The molecule has 4 nitrogen and oxygen atoms in total. The Balaban J connectivity index is 2.09. The molecule has 2 rings (SSSR count). The topological polar surface area (TPSA) is 54.3 Å². The lowest BCUT2D eigenvalue weighted by molar-refractivity contribution is 0.0943. The number of hydrogen-bond donors (Lipinski definition) is 2. The lowest BCUT2D eigenvalue weighted by Crippen LogP contribution is -2.25. The quantitative estimate of drug-likeness (QED) is 0.905. The predicted molar refractivity (Wildman–Crippen MR) is 78.9 cm³/mol. The summed E-state index contributed by atoms with van der Waals surface area (Å²) in [7, 11) is 1.63. The Bertz CT molecular complexity index is 686. The number of nitrogens with one attached hydrogen (secondary N) is 1. The third-order valence-electron chi connectivity index (χ3n) is 3.08. The molecule has 0 unspecified atom stereocenters. The molecular weight excluding hydrogens is 318 g/mol. The van der Waals surface area contributed by atoms with Crippen molar-refractivity contribution in [2.24, 2.45) is 7.05 Å². The number of carbonyl (C=O) groups excluding carboxylic acids is 1. The monoisotopic (exact) mass is 330 g/mol. The lowest BCUT2D eigenvalue weighted by atomic mass is 10.1. The first-order chi connectivity index (χ1) is 9.93. The number of aromatic nitrogens is 1. The van der Waals surface area contributed by atoms with Crippen LogP contribution in [0, 0.1) is 5.82 Å². The minimum atomic E-state index is -0.478. The molecule has 0 fully saturated rings. The zero-order chi connectivity index (χ0) is 15.6. The van der Waals surface area contributed by atoms with Gasteiger partial charge in [0.1, 0.15) is 16.7 Å². The Morgan fingerprint density at radius 3 is 2.67 bits per heavy atom. The minimum Gasteiger partial charge on any atom is -0.392 e. The molecule has 1 amide bonds. The van der Waals surface area contributed by atoms with Crippen LogP contribution < -0.4 is 5.32 Å². The number of halogens is 3. The molecule has 2 aromatic rings. The van der Waals surface area contributed by atoms with Gasteiger partial charge < -0.3 is 15.0 Å². The Labute approximate surface area is 131 Å². The summed E-state index contributed by atoms with van der Waals surface area (Å²) in [6, 6.07) is 5.77. The van der Waals surface area contributed by atoms with Gasteiger partial charge in [0.15, 0.2) is 0 Å². The molecule has 0 saturated carbocycles. The van der Waals surface area contributed by atoms with E-state index >= 15 is 0 Å². The van der Waals surface area contributed by atoms with Crippen molar-refractivity contribution in [3.05, 3.63) is 57.1 Å². The van der Waals surface area contributed by atoms with E-state index in [9.17, 15) is 9.18 Å². The fourth-order valence-electron chi connectivity index (χ4n) is 1.89. The highest BCUT2D eigenvalue weighted by Crippen LogP contribution is 2.25. The first-order valence-corrected chi connectivity index (χ1v) is 6.86. The van der Waals surface area contributed by atoms with E-state index in [1.54, 1.807) is 13.1 Å². The molecular formula is C14H13Cl2FN2O2. The van der Waals surface area contributed by atoms with E-state index in [4.69, 9.17) is 28.3 Å². The van der Waals surface area contributed by atoms with Crippen LogP contribution in [-0.2, 0) is 20.2 Å². The molecule has 0 atom stereocenters. The number of aliphatic hydroxyl groups is 1. The number of hydrogen-bond acceptors (Lipinski definition) is 2. The van der Waals surface area contributed by atoms with Gasteiger partial charge in [0.05, 0.1) is 11.6 Å².